The van der Waals surface area contributed by atoms with Crippen molar-refractivity contribution in [3.05, 3.63) is 23.2 Å². The number of nitrogens with two attached hydrogens (primary N) is 1. The number of thiophene rings is 1. The normalized spacial score (nSPS) is 16.8. The maximum Gasteiger partial charge on any atom is 0.266 e. The van der Waals surface area contributed by atoms with E-state index < -0.39 is 0 Å². The molecule has 3 rings (SSSR count). The third kappa shape index (κ3) is 2.61. The zero-order valence-corrected chi connectivity index (χ0v) is 13.2. The van der Waals surface area contributed by atoms with Gasteiger partial charge >= 0.3 is 0 Å². The van der Waals surface area contributed by atoms with Crippen LogP contribution in [0.15, 0.2) is 18.3 Å². The van der Waals surface area contributed by atoms with Gasteiger partial charge in [0.1, 0.15) is 10.4 Å². The Morgan fingerprint density at radius 3 is 2.67 bits per heavy atom. The number of carbonyl (C=O) groups excluding carboxylic acids is 1. The molecule has 0 atom stereocenters. The predicted octanol–water partition coefficient (Wildman–Crippen LogP) is 2.04. The lowest BCUT2D eigenvalue weighted by atomic mass is 10.2. The lowest BCUT2D eigenvalue weighted by Gasteiger charge is -2.36. The Kier molecular flexibility index (Phi) is 3.82. The van der Waals surface area contributed by atoms with E-state index in [2.05, 4.69) is 23.7 Å². The smallest absolute Gasteiger partial charge is 0.266 e. The zero-order chi connectivity index (χ0) is 15.0. The van der Waals surface area contributed by atoms with Crippen LogP contribution in [0, 0.1) is 0 Å². The number of nitrogens with zero attached hydrogens (tertiary/aromatic N) is 3. The number of hydrogen-bond donors (Lipinski definition) is 1. The minimum Gasteiger partial charge on any atom is -0.396 e. The van der Waals surface area contributed by atoms with E-state index in [4.69, 9.17) is 5.73 Å². The van der Waals surface area contributed by atoms with Crippen molar-refractivity contribution in [3.8, 4) is 0 Å². The van der Waals surface area contributed by atoms with Gasteiger partial charge in [-0.25, -0.2) is 0 Å². The van der Waals surface area contributed by atoms with Crippen LogP contribution in [-0.2, 0) is 0 Å². The molecule has 1 aliphatic heterocycles. The molecule has 1 fully saturated rings. The molecule has 0 radical (unpaired) electrons. The summed E-state index contributed by atoms with van der Waals surface area (Å²) in [4.78, 5) is 21.9. The van der Waals surface area contributed by atoms with E-state index in [1.807, 2.05) is 17.0 Å². The van der Waals surface area contributed by atoms with E-state index >= 15 is 0 Å². The van der Waals surface area contributed by atoms with Crippen molar-refractivity contribution < 1.29 is 4.79 Å². The van der Waals surface area contributed by atoms with Crippen molar-refractivity contribution in [1.82, 2.24) is 14.8 Å². The predicted molar refractivity (Wildman–Crippen MR) is 86.6 cm³/mol. The van der Waals surface area contributed by atoms with E-state index in [1.54, 1.807) is 6.20 Å². The molecule has 0 aromatic carbocycles. The highest BCUT2D eigenvalue weighted by atomic mass is 32.1. The van der Waals surface area contributed by atoms with E-state index in [1.165, 1.54) is 11.3 Å². The van der Waals surface area contributed by atoms with Crippen LogP contribution in [0.2, 0.25) is 0 Å². The lowest BCUT2D eigenvalue weighted by molar-refractivity contribution is 0.0601. The number of piperazine rings is 1. The summed E-state index contributed by atoms with van der Waals surface area (Å²) in [6, 6.07) is 4.35. The maximum absolute atomic E-state index is 12.7. The molecule has 2 aromatic heterocycles. The van der Waals surface area contributed by atoms with Crippen LogP contribution in [0.4, 0.5) is 5.69 Å². The van der Waals surface area contributed by atoms with Gasteiger partial charge in [0.15, 0.2) is 0 Å². The first kappa shape index (κ1) is 14.3. The number of anilines is 1. The summed E-state index contributed by atoms with van der Waals surface area (Å²) in [5, 5.41) is 0. The van der Waals surface area contributed by atoms with Gasteiger partial charge in [0.25, 0.3) is 5.91 Å². The Morgan fingerprint density at radius 1 is 1.33 bits per heavy atom. The Hall–Kier alpha value is -1.66. The Balaban J connectivity index is 1.80. The standard InChI is InChI=1S/C15H20N4OS/c1-10(2)18-6-8-19(9-7-18)15(20)14-12(16)13-11(21-14)4-3-5-17-13/h3-5,10H,6-9,16H2,1-2H3. The van der Waals surface area contributed by atoms with Gasteiger partial charge in [0, 0.05) is 38.4 Å². The van der Waals surface area contributed by atoms with Gasteiger partial charge in [-0.05, 0) is 26.0 Å². The minimum absolute atomic E-state index is 0.0407. The molecule has 21 heavy (non-hydrogen) atoms. The third-order valence-electron chi connectivity index (χ3n) is 4.01. The van der Waals surface area contributed by atoms with Gasteiger partial charge in [-0.1, -0.05) is 0 Å². The Labute approximate surface area is 128 Å². The largest absolute Gasteiger partial charge is 0.396 e. The molecule has 1 amide bonds. The molecular formula is C15H20N4OS. The number of aromatic nitrogens is 1. The van der Waals surface area contributed by atoms with Gasteiger partial charge in [-0.15, -0.1) is 11.3 Å². The SMILES string of the molecule is CC(C)N1CCN(C(=O)c2sc3cccnc3c2N)CC1. The number of amides is 1. The van der Waals surface area contributed by atoms with Gasteiger partial charge in [-0.2, -0.15) is 0 Å². The van der Waals surface area contributed by atoms with Gasteiger partial charge in [0.05, 0.1) is 10.4 Å². The van der Waals surface area contributed by atoms with Crippen molar-refractivity contribution in [2.45, 2.75) is 19.9 Å². The van der Waals surface area contributed by atoms with Gasteiger partial charge < -0.3 is 10.6 Å². The maximum atomic E-state index is 12.7. The summed E-state index contributed by atoms with van der Waals surface area (Å²) in [6.07, 6.45) is 1.71. The van der Waals surface area contributed by atoms with Crippen molar-refractivity contribution in [1.29, 1.82) is 0 Å². The molecule has 0 saturated carbocycles. The number of pyridine rings is 1. The first-order valence-electron chi connectivity index (χ1n) is 7.24. The molecule has 2 N–H and O–H groups in total. The Morgan fingerprint density at radius 2 is 2.05 bits per heavy atom. The zero-order valence-electron chi connectivity index (χ0n) is 12.4. The number of rotatable bonds is 2. The highest BCUT2D eigenvalue weighted by Crippen LogP contribution is 2.32. The quantitative estimate of drug-likeness (QED) is 0.922. The van der Waals surface area contributed by atoms with Crippen LogP contribution < -0.4 is 5.73 Å². The van der Waals surface area contributed by atoms with Crippen LogP contribution in [-0.4, -0.2) is 52.9 Å². The summed E-state index contributed by atoms with van der Waals surface area (Å²) < 4.78 is 0.971. The number of nitrogen functional groups attached to an aromatic ring is 1. The number of hydrogen-bond acceptors (Lipinski definition) is 5. The van der Waals surface area contributed by atoms with E-state index in [-0.39, 0.29) is 5.91 Å². The topological polar surface area (TPSA) is 62.5 Å². The highest BCUT2D eigenvalue weighted by Gasteiger charge is 2.26. The molecule has 3 heterocycles. The monoisotopic (exact) mass is 304 g/mol. The molecule has 1 aliphatic rings. The van der Waals surface area contributed by atoms with E-state index in [9.17, 15) is 4.79 Å². The lowest BCUT2D eigenvalue weighted by Crippen LogP contribution is -2.50. The summed E-state index contributed by atoms with van der Waals surface area (Å²) in [6.45, 7) is 7.75. The van der Waals surface area contributed by atoms with E-state index in [0.29, 0.717) is 16.6 Å². The summed E-state index contributed by atoms with van der Waals surface area (Å²) >= 11 is 1.44. The fourth-order valence-corrected chi connectivity index (χ4v) is 3.74. The molecular weight excluding hydrogens is 284 g/mol. The molecule has 0 spiro atoms. The summed E-state index contributed by atoms with van der Waals surface area (Å²) in [7, 11) is 0. The third-order valence-corrected chi connectivity index (χ3v) is 5.16. The van der Waals surface area contributed by atoms with Gasteiger partial charge in [0.2, 0.25) is 0 Å². The average Bonchev–Trinajstić information content (AvgIpc) is 2.84. The van der Waals surface area contributed by atoms with Crippen molar-refractivity contribution in [2.24, 2.45) is 0 Å². The second-order valence-electron chi connectivity index (χ2n) is 5.62. The molecule has 6 heteroatoms. The molecule has 112 valence electrons. The van der Waals surface area contributed by atoms with Crippen molar-refractivity contribution in [2.75, 3.05) is 31.9 Å². The fraction of sp³-hybridized carbons (Fsp3) is 0.467. The second kappa shape index (κ2) is 5.61. The summed E-state index contributed by atoms with van der Waals surface area (Å²) in [5.41, 5.74) is 7.37. The molecule has 5 nitrogen and oxygen atoms in total. The van der Waals surface area contributed by atoms with Crippen molar-refractivity contribution >= 4 is 33.1 Å². The average molecular weight is 304 g/mol. The van der Waals surface area contributed by atoms with Crippen molar-refractivity contribution in [3.63, 3.8) is 0 Å². The van der Waals surface area contributed by atoms with Crippen LogP contribution in [0.3, 0.4) is 0 Å². The minimum atomic E-state index is 0.0407. The number of fused-ring (bicyclic) bond motifs is 1. The molecule has 0 unspecified atom stereocenters. The second-order valence-corrected chi connectivity index (χ2v) is 6.67. The molecule has 0 aliphatic carbocycles. The van der Waals surface area contributed by atoms with Crippen LogP contribution in [0.25, 0.3) is 10.2 Å². The number of carbonyl (C=O) groups is 1. The van der Waals surface area contributed by atoms with Crippen LogP contribution >= 0.6 is 11.3 Å². The molecule has 2 aromatic rings. The molecule has 1 saturated heterocycles. The summed E-state index contributed by atoms with van der Waals surface area (Å²) in [5.74, 6) is 0.0407. The van der Waals surface area contributed by atoms with Crippen LogP contribution in [0.1, 0.15) is 23.5 Å². The van der Waals surface area contributed by atoms with Gasteiger partial charge in [-0.3, -0.25) is 14.7 Å². The first-order chi connectivity index (χ1) is 10.1. The molecule has 0 bridgehead atoms. The highest BCUT2D eigenvalue weighted by molar-refractivity contribution is 7.21. The van der Waals surface area contributed by atoms with Crippen LogP contribution in [0.5, 0.6) is 0 Å². The Bertz CT molecular complexity index is 659. The van der Waals surface area contributed by atoms with E-state index in [0.717, 1.165) is 36.4 Å². The first-order valence-corrected chi connectivity index (χ1v) is 8.06. The fourth-order valence-electron chi connectivity index (χ4n) is 2.69.